The molecular weight excluding hydrogens is 257 g/mol. The minimum Gasteiger partial charge on any atom is -0.429 e. The van der Waals surface area contributed by atoms with E-state index in [1.165, 1.54) is 0 Å². The lowest BCUT2D eigenvalue weighted by molar-refractivity contribution is 0.510. The maximum Gasteiger partial charge on any atom is 0.230 e. The van der Waals surface area contributed by atoms with Crippen molar-refractivity contribution in [1.82, 2.24) is 0 Å². The SMILES string of the molecule is CC(P=O)[Si](O)(C(C)P=O)C(C)P=O. The van der Waals surface area contributed by atoms with Crippen LogP contribution in [0.2, 0.25) is 0 Å². The van der Waals surface area contributed by atoms with E-state index in [1.54, 1.807) is 20.8 Å². The zero-order chi connectivity index (χ0) is 11.4. The Morgan fingerprint density at radius 1 is 0.857 bits per heavy atom. The Balaban J connectivity index is 5.11. The van der Waals surface area contributed by atoms with Gasteiger partial charge in [0.05, 0.1) is 15.8 Å². The van der Waals surface area contributed by atoms with Gasteiger partial charge in [-0.05, 0) is 0 Å². The van der Waals surface area contributed by atoms with E-state index in [4.69, 9.17) is 0 Å². The quantitative estimate of drug-likeness (QED) is 0.594. The second-order valence-electron chi connectivity index (χ2n) is 3.23. The van der Waals surface area contributed by atoms with Gasteiger partial charge in [0.25, 0.3) is 0 Å². The van der Waals surface area contributed by atoms with Crippen molar-refractivity contribution in [2.24, 2.45) is 0 Å². The normalized spacial score (nSPS) is 23.1. The molecular formula is C6H13O4P3Si. The van der Waals surface area contributed by atoms with Crippen LogP contribution in [0.3, 0.4) is 0 Å². The first-order chi connectivity index (χ1) is 6.44. The molecule has 0 rings (SSSR count). The summed E-state index contributed by atoms with van der Waals surface area (Å²) in [6.45, 7) is 4.89. The fourth-order valence-electron chi connectivity index (χ4n) is 1.30. The highest BCUT2D eigenvalue weighted by molar-refractivity contribution is 7.41. The van der Waals surface area contributed by atoms with Gasteiger partial charge in [0, 0.05) is 0 Å². The third-order valence-corrected chi connectivity index (χ3v) is 12.1. The Morgan fingerprint density at radius 3 is 1.21 bits per heavy atom. The monoisotopic (exact) mass is 270 g/mol. The lowest BCUT2D eigenvalue weighted by atomic mass is 10.9. The zero-order valence-corrected chi connectivity index (χ0v) is 11.9. The highest BCUT2D eigenvalue weighted by Crippen LogP contribution is 2.34. The van der Waals surface area contributed by atoms with E-state index in [2.05, 4.69) is 0 Å². The average Bonchev–Trinajstić information content (AvgIpc) is 2.24. The molecule has 0 radical (unpaired) electrons. The molecule has 0 heterocycles. The fraction of sp³-hybridized carbons (Fsp3) is 1.00. The van der Waals surface area contributed by atoms with Crippen molar-refractivity contribution in [3.05, 3.63) is 0 Å². The number of rotatable bonds is 6. The Labute approximate surface area is 89.2 Å². The summed E-state index contributed by atoms with van der Waals surface area (Å²) in [5.74, 6) is 0. The summed E-state index contributed by atoms with van der Waals surface area (Å²) in [6, 6.07) is 0. The average molecular weight is 270 g/mol. The van der Waals surface area contributed by atoms with E-state index in [0.29, 0.717) is 0 Å². The Hall–Kier alpha value is 0.477. The molecule has 0 saturated heterocycles. The zero-order valence-electron chi connectivity index (χ0n) is 8.25. The minimum absolute atomic E-state index is 0.178. The molecule has 0 aliphatic heterocycles. The molecule has 4 nitrogen and oxygen atoms in total. The molecule has 3 unspecified atom stereocenters. The van der Waals surface area contributed by atoms with Gasteiger partial charge >= 0.3 is 0 Å². The summed E-state index contributed by atoms with van der Waals surface area (Å²) < 4.78 is 32.3. The van der Waals surface area contributed by atoms with Crippen molar-refractivity contribution < 1.29 is 18.5 Å². The van der Waals surface area contributed by atoms with E-state index in [1.807, 2.05) is 0 Å². The lowest BCUT2D eigenvalue weighted by Gasteiger charge is -2.32. The summed E-state index contributed by atoms with van der Waals surface area (Å²) >= 11 is 0. The van der Waals surface area contributed by atoms with Crippen molar-refractivity contribution in [3.63, 3.8) is 0 Å². The van der Waals surface area contributed by atoms with Crippen LogP contribution >= 0.6 is 25.4 Å². The number of hydrogen-bond acceptors (Lipinski definition) is 4. The van der Waals surface area contributed by atoms with Crippen molar-refractivity contribution in [2.75, 3.05) is 0 Å². The van der Waals surface area contributed by atoms with Gasteiger partial charge in [-0.15, -0.1) is 0 Å². The van der Waals surface area contributed by atoms with Crippen molar-refractivity contribution in [2.45, 2.75) is 36.6 Å². The smallest absolute Gasteiger partial charge is 0.230 e. The van der Waals surface area contributed by atoms with Crippen LogP contribution in [0.5, 0.6) is 0 Å². The van der Waals surface area contributed by atoms with E-state index in [0.717, 1.165) is 0 Å². The van der Waals surface area contributed by atoms with Crippen LogP contribution in [0.4, 0.5) is 0 Å². The van der Waals surface area contributed by atoms with Crippen LogP contribution < -0.4 is 0 Å². The van der Waals surface area contributed by atoms with Gasteiger partial charge in [-0.25, -0.2) is 0 Å². The third kappa shape index (κ3) is 2.74. The molecule has 0 aliphatic carbocycles. The first-order valence-electron chi connectivity index (χ1n) is 4.14. The van der Waals surface area contributed by atoms with Gasteiger partial charge in [0.2, 0.25) is 8.32 Å². The Morgan fingerprint density at radius 2 is 1.07 bits per heavy atom. The van der Waals surface area contributed by atoms with Crippen LogP contribution in [0.1, 0.15) is 20.8 Å². The van der Waals surface area contributed by atoms with E-state index >= 15 is 0 Å². The predicted molar refractivity (Wildman–Crippen MR) is 59.2 cm³/mol. The summed E-state index contributed by atoms with van der Waals surface area (Å²) in [6.07, 6.45) is 0. The Kier molecular flexibility index (Phi) is 6.35. The van der Waals surface area contributed by atoms with E-state index < -0.39 is 24.2 Å². The first-order valence-corrected chi connectivity index (χ1v) is 8.97. The van der Waals surface area contributed by atoms with Gasteiger partial charge in [-0.1, -0.05) is 20.8 Å². The topological polar surface area (TPSA) is 71.4 Å². The summed E-state index contributed by atoms with van der Waals surface area (Å²) in [7, 11) is -3.57. The van der Waals surface area contributed by atoms with Gasteiger partial charge in [-0.3, -0.25) is 13.7 Å². The highest BCUT2D eigenvalue weighted by atomic mass is 31.1. The van der Waals surface area contributed by atoms with Gasteiger partial charge in [0.1, 0.15) is 0 Å². The van der Waals surface area contributed by atoms with E-state index in [-0.39, 0.29) is 25.4 Å². The molecule has 8 heteroatoms. The molecule has 80 valence electrons. The van der Waals surface area contributed by atoms with Gasteiger partial charge in [0.15, 0.2) is 25.4 Å². The molecule has 14 heavy (non-hydrogen) atoms. The highest BCUT2D eigenvalue weighted by Gasteiger charge is 2.49. The van der Waals surface area contributed by atoms with Crippen molar-refractivity contribution in [1.29, 1.82) is 0 Å². The molecule has 1 N–H and O–H groups in total. The van der Waals surface area contributed by atoms with Crippen molar-refractivity contribution >= 4 is 33.7 Å². The van der Waals surface area contributed by atoms with Gasteiger partial charge in [-0.2, -0.15) is 0 Å². The van der Waals surface area contributed by atoms with Crippen molar-refractivity contribution in [3.8, 4) is 0 Å². The predicted octanol–water partition coefficient (Wildman–Crippen LogP) is 2.58. The van der Waals surface area contributed by atoms with Crippen LogP contribution in [-0.2, 0) is 13.7 Å². The maximum atomic E-state index is 10.8. The molecule has 0 aromatic rings. The third-order valence-electron chi connectivity index (χ3n) is 2.48. The number of hydrogen-bond donors (Lipinski definition) is 1. The molecule has 0 aromatic heterocycles. The molecule has 0 bridgehead atoms. The second kappa shape index (κ2) is 6.15. The molecule has 0 amide bonds. The first kappa shape index (κ1) is 14.5. The van der Waals surface area contributed by atoms with Crippen LogP contribution in [0, 0.1) is 0 Å². The molecule has 0 aliphatic rings. The Bertz CT molecular complexity index is 201. The molecule has 0 spiro atoms. The van der Waals surface area contributed by atoms with Crippen LogP contribution in [-0.4, -0.2) is 29.0 Å². The van der Waals surface area contributed by atoms with Gasteiger partial charge < -0.3 is 4.80 Å². The van der Waals surface area contributed by atoms with E-state index in [9.17, 15) is 18.5 Å². The largest absolute Gasteiger partial charge is 0.429 e. The molecule has 3 atom stereocenters. The fourth-order valence-corrected chi connectivity index (χ4v) is 10.5. The minimum atomic E-state index is -3.03. The molecule has 0 saturated carbocycles. The molecule has 0 fully saturated rings. The van der Waals surface area contributed by atoms with Crippen LogP contribution in [0.25, 0.3) is 0 Å². The summed E-state index contributed by atoms with van der Waals surface area (Å²) in [4.78, 5) is 10.3. The van der Waals surface area contributed by atoms with Crippen LogP contribution in [0.15, 0.2) is 0 Å². The summed E-state index contributed by atoms with van der Waals surface area (Å²) in [5, 5.41) is -1.39. The molecule has 0 aromatic carbocycles. The maximum absolute atomic E-state index is 10.8. The second-order valence-corrected chi connectivity index (χ2v) is 12.0. The lowest BCUT2D eigenvalue weighted by Crippen LogP contribution is -2.58. The summed E-state index contributed by atoms with van der Waals surface area (Å²) in [5.41, 5.74) is 0. The standard InChI is InChI=1S/C6H13O4P3Si/c1-4(11-7)14(10,5(2)12-8)6(3)13-9/h4-6,10H,1-3H3.